The monoisotopic (exact) mass is 413 g/mol. The maximum atomic E-state index is 12.0. The largest absolute Gasteiger partial charge is 0.364 e. The lowest BCUT2D eigenvalue weighted by molar-refractivity contribution is 1.06. The minimum absolute atomic E-state index is 0.182. The van der Waals surface area contributed by atoms with E-state index in [9.17, 15) is 4.79 Å². The van der Waals surface area contributed by atoms with Crippen molar-refractivity contribution < 1.29 is 0 Å². The number of halogens is 1. The van der Waals surface area contributed by atoms with Crippen molar-refractivity contribution in [1.82, 2.24) is 20.2 Å². The van der Waals surface area contributed by atoms with Gasteiger partial charge in [0, 0.05) is 40.5 Å². The highest BCUT2D eigenvalue weighted by molar-refractivity contribution is 7.16. The van der Waals surface area contributed by atoms with Gasteiger partial charge in [-0.2, -0.15) is 5.10 Å². The van der Waals surface area contributed by atoms with E-state index in [-0.39, 0.29) is 5.56 Å². The molecule has 8 heteroatoms. The molecule has 0 saturated heterocycles. The predicted octanol–water partition coefficient (Wildman–Crippen LogP) is 5.18. The summed E-state index contributed by atoms with van der Waals surface area (Å²) in [6, 6.07) is 12.9. The first-order valence-electron chi connectivity index (χ1n) is 8.86. The number of aromatic nitrogens is 4. The quantitative estimate of drug-likeness (QED) is 0.420. The fourth-order valence-electron chi connectivity index (χ4n) is 2.56. The van der Waals surface area contributed by atoms with Gasteiger partial charge in [0.25, 0.3) is 0 Å². The Balaban J connectivity index is 0.00000109. The summed E-state index contributed by atoms with van der Waals surface area (Å²) >= 11 is 7.46. The van der Waals surface area contributed by atoms with Gasteiger partial charge in [0.15, 0.2) is 0 Å². The lowest BCUT2D eigenvalue weighted by Gasteiger charge is -2.03. The number of hydrogen-bond donors (Lipinski definition) is 3. The Morgan fingerprint density at radius 3 is 2.68 bits per heavy atom. The van der Waals surface area contributed by atoms with Crippen molar-refractivity contribution in [2.24, 2.45) is 0 Å². The Hall–Kier alpha value is -2.90. The lowest BCUT2D eigenvalue weighted by Crippen LogP contribution is -2.05. The Kier molecular flexibility index (Phi) is 6.62. The summed E-state index contributed by atoms with van der Waals surface area (Å²) in [6.45, 7) is 4.64. The third kappa shape index (κ3) is 4.88. The molecule has 4 heterocycles. The van der Waals surface area contributed by atoms with Crippen LogP contribution in [0.2, 0.25) is 4.34 Å². The van der Waals surface area contributed by atoms with Crippen LogP contribution in [-0.4, -0.2) is 20.2 Å². The summed E-state index contributed by atoms with van der Waals surface area (Å²) in [5, 5.41) is 10.5. The molecule has 0 aromatic carbocycles. The summed E-state index contributed by atoms with van der Waals surface area (Å²) in [4.78, 5) is 20.1. The van der Waals surface area contributed by atoms with Gasteiger partial charge in [-0.3, -0.25) is 14.9 Å². The minimum atomic E-state index is -0.182. The molecule has 6 nitrogen and oxygen atoms in total. The molecule has 0 aliphatic rings. The van der Waals surface area contributed by atoms with E-state index >= 15 is 0 Å². The predicted molar refractivity (Wildman–Crippen MR) is 116 cm³/mol. The molecule has 4 rings (SSSR count). The summed E-state index contributed by atoms with van der Waals surface area (Å²) < 4.78 is 0.760. The molecule has 4 aromatic rings. The highest BCUT2D eigenvalue weighted by Crippen LogP contribution is 2.25. The molecule has 3 N–H and O–H groups in total. The molecule has 28 heavy (non-hydrogen) atoms. The molecule has 4 aromatic heterocycles. The number of hydrogen-bond acceptors (Lipinski definition) is 5. The lowest BCUT2D eigenvalue weighted by atomic mass is 10.1. The number of pyridine rings is 2. The number of nitrogens with zero attached hydrogens (tertiary/aromatic N) is 2. The Bertz CT molecular complexity index is 1090. The van der Waals surface area contributed by atoms with Crippen molar-refractivity contribution >= 4 is 28.8 Å². The van der Waals surface area contributed by atoms with E-state index < -0.39 is 0 Å². The van der Waals surface area contributed by atoms with Crippen LogP contribution in [0.4, 0.5) is 5.82 Å². The first kappa shape index (κ1) is 19.9. The zero-order chi connectivity index (χ0) is 19.9. The molecule has 144 valence electrons. The van der Waals surface area contributed by atoms with E-state index in [0.29, 0.717) is 18.1 Å². The molecular weight excluding hydrogens is 394 g/mol. The number of anilines is 1. The van der Waals surface area contributed by atoms with Crippen molar-refractivity contribution in [3.05, 3.63) is 74.4 Å². The Morgan fingerprint density at radius 1 is 1.11 bits per heavy atom. The second-order valence-corrected chi connectivity index (χ2v) is 7.41. The first-order valence-corrected chi connectivity index (χ1v) is 10.1. The summed E-state index contributed by atoms with van der Waals surface area (Å²) in [5.74, 6) is 0.702. The molecule has 0 bridgehead atoms. The van der Waals surface area contributed by atoms with E-state index in [2.05, 4.69) is 25.5 Å². The van der Waals surface area contributed by atoms with E-state index in [1.165, 1.54) is 17.4 Å². The molecule has 0 fully saturated rings. The van der Waals surface area contributed by atoms with Gasteiger partial charge in [-0.05, 0) is 30.3 Å². The fourth-order valence-corrected chi connectivity index (χ4v) is 3.59. The van der Waals surface area contributed by atoms with E-state index in [1.54, 1.807) is 12.4 Å². The molecule has 0 aliphatic carbocycles. The van der Waals surface area contributed by atoms with Gasteiger partial charge in [-0.1, -0.05) is 25.4 Å². The number of H-pyrrole nitrogens is 2. The number of nitrogens with one attached hydrogen (secondary N) is 3. The maximum absolute atomic E-state index is 12.0. The minimum Gasteiger partial charge on any atom is -0.364 e. The second kappa shape index (κ2) is 9.34. The topological polar surface area (TPSA) is 86.5 Å². The summed E-state index contributed by atoms with van der Waals surface area (Å²) in [7, 11) is 0. The molecule has 0 saturated carbocycles. The van der Waals surface area contributed by atoms with Crippen molar-refractivity contribution in [2.45, 2.75) is 20.4 Å². The van der Waals surface area contributed by atoms with Gasteiger partial charge in [-0.25, -0.2) is 0 Å². The molecule has 0 amide bonds. The highest BCUT2D eigenvalue weighted by Gasteiger charge is 2.08. The van der Waals surface area contributed by atoms with Gasteiger partial charge < -0.3 is 10.3 Å². The number of rotatable bonds is 5. The Morgan fingerprint density at radius 2 is 1.96 bits per heavy atom. The molecule has 0 atom stereocenters. The van der Waals surface area contributed by atoms with Crippen LogP contribution >= 0.6 is 22.9 Å². The van der Waals surface area contributed by atoms with Crippen LogP contribution < -0.4 is 10.9 Å². The highest BCUT2D eigenvalue weighted by atomic mass is 35.5. The summed E-state index contributed by atoms with van der Waals surface area (Å²) in [6.07, 6.45) is 3.40. The van der Waals surface area contributed by atoms with E-state index in [0.717, 1.165) is 26.0 Å². The van der Waals surface area contributed by atoms with Gasteiger partial charge in [-0.15, -0.1) is 11.3 Å². The molecule has 0 spiro atoms. The molecule has 0 aliphatic heterocycles. The van der Waals surface area contributed by atoms with Crippen molar-refractivity contribution in [2.75, 3.05) is 5.32 Å². The fraction of sp³-hybridized carbons (Fsp3) is 0.150. The van der Waals surface area contributed by atoms with Gasteiger partial charge >= 0.3 is 0 Å². The van der Waals surface area contributed by atoms with Crippen molar-refractivity contribution in [3.8, 4) is 22.5 Å². The van der Waals surface area contributed by atoms with Crippen LogP contribution in [0.5, 0.6) is 0 Å². The van der Waals surface area contributed by atoms with Crippen LogP contribution in [0, 0.1) is 0 Å². The number of thiophene rings is 1. The van der Waals surface area contributed by atoms with Crippen LogP contribution in [-0.2, 0) is 6.54 Å². The normalized spacial score (nSPS) is 10.2. The standard InChI is InChI=1S/C18H14ClN5OS.C2H6/c19-16-4-3-13(26-16)10-21-17-8-15(23-24-17)12-6-14(22-18(25)7-12)11-2-1-5-20-9-11;1-2/h1-9H,10H2,(H,22,25)(H2,21,23,24);1-2H3. The smallest absolute Gasteiger partial charge is 0.249 e. The zero-order valence-corrected chi connectivity index (χ0v) is 17.1. The average Bonchev–Trinajstić information content (AvgIpc) is 3.37. The van der Waals surface area contributed by atoms with Crippen LogP contribution in [0.25, 0.3) is 22.5 Å². The van der Waals surface area contributed by atoms with Crippen LogP contribution in [0.15, 0.2) is 59.7 Å². The third-order valence-electron chi connectivity index (χ3n) is 3.78. The Labute approximate surface area is 171 Å². The summed E-state index contributed by atoms with van der Waals surface area (Å²) in [5.41, 5.74) is 2.88. The third-order valence-corrected chi connectivity index (χ3v) is 5.01. The van der Waals surface area contributed by atoms with Crippen LogP contribution in [0.1, 0.15) is 18.7 Å². The second-order valence-electron chi connectivity index (χ2n) is 5.61. The van der Waals surface area contributed by atoms with E-state index in [4.69, 9.17) is 11.6 Å². The average molecular weight is 414 g/mol. The maximum Gasteiger partial charge on any atom is 0.249 e. The molecule has 0 unspecified atom stereocenters. The van der Waals surface area contributed by atoms with E-state index in [1.807, 2.05) is 50.2 Å². The zero-order valence-electron chi connectivity index (χ0n) is 15.5. The first-order chi connectivity index (χ1) is 13.7. The van der Waals surface area contributed by atoms with Gasteiger partial charge in [0.2, 0.25) is 5.56 Å². The van der Waals surface area contributed by atoms with Gasteiger partial charge in [0.1, 0.15) is 5.82 Å². The van der Waals surface area contributed by atoms with Crippen molar-refractivity contribution in [1.29, 1.82) is 0 Å². The van der Waals surface area contributed by atoms with Gasteiger partial charge in [0.05, 0.1) is 22.3 Å². The number of aromatic amines is 2. The van der Waals surface area contributed by atoms with Crippen molar-refractivity contribution in [3.63, 3.8) is 0 Å². The molecule has 0 radical (unpaired) electrons. The molecular formula is C20H20ClN5OS. The van der Waals surface area contributed by atoms with Crippen LogP contribution in [0.3, 0.4) is 0 Å². The SMILES string of the molecule is CC.O=c1cc(-c2cc(NCc3ccc(Cl)s3)n[nH]2)cc(-c2cccnc2)[nH]1.